The highest BCUT2D eigenvalue weighted by molar-refractivity contribution is 14.1. The molecular formula is C12H14INO2. The molecule has 2 aromatic rings. The predicted molar refractivity (Wildman–Crippen MR) is 72.7 cm³/mol. The number of unbranched alkanes of at least 4 members (excludes halogenated alkanes) is 2. The quantitative estimate of drug-likeness (QED) is 0.636. The van der Waals surface area contributed by atoms with Crippen LogP contribution in [0.25, 0.3) is 11.1 Å². The van der Waals surface area contributed by atoms with Crippen molar-refractivity contribution in [1.29, 1.82) is 0 Å². The van der Waals surface area contributed by atoms with E-state index in [0.29, 0.717) is 5.58 Å². The molecule has 1 aromatic heterocycles. The molecule has 0 atom stereocenters. The first-order valence-electron chi connectivity index (χ1n) is 5.51. The van der Waals surface area contributed by atoms with Crippen LogP contribution in [0.15, 0.2) is 27.4 Å². The second-order valence-corrected chi connectivity index (χ2v) is 5.08. The average Bonchev–Trinajstić information content (AvgIpc) is 2.56. The standard InChI is InChI=1S/C12H14INO2/c1-2-3-4-7-14-10-8-9(13)5-6-11(10)16-12(14)15/h5-6,8H,2-4,7H2,1H3. The summed E-state index contributed by atoms with van der Waals surface area (Å²) in [6.45, 7) is 2.90. The summed E-state index contributed by atoms with van der Waals surface area (Å²) in [4.78, 5) is 11.6. The molecule has 4 heteroatoms. The van der Waals surface area contributed by atoms with Gasteiger partial charge >= 0.3 is 5.76 Å². The number of aryl methyl sites for hydroxylation is 1. The van der Waals surface area contributed by atoms with Gasteiger partial charge in [-0.25, -0.2) is 4.79 Å². The Morgan fingerprint density at radius 2 is 2.19 bits per heavy atom. The molecule has 0 N–H and O–H groups in total. The van der Waals surface area contributed by atoms with E-state index >= 15 is 0 Å². The molecule has 0 fully saturated rings. The number of benzene rings is 1. The fourth-order valence-electron chi connectivity index (χ4n) is 1.77. The van der Waals surface area contributed by atoms with E-state index < -0.39 is 0 Å². The Morgan fingerprint density at radius 3 is 2.94 bits per heavy atom. The van der Waals surface area contributed by atoms with Crippen molar-refractivity contribution >= 4 is 33.7 Å². The van der Waals surface area contributed by atoms with Gasteiger partial charge in [0.25, 0.3) is 0 Å². The summed E-state index contributed by atoms with van der Waals surface area (Å²) >= 11 is 2.24. The van der Waals surface area contributed by atoms with Crippen LogP contribution in [-0.4, -0.2) is 4.57 Å². The van der Waals surface area contributed by atoms with Crippen LogP contribution >= 0.6 is 22.6 Å². The lowest BCUT2D eigenvalue weighted by atomic mass is 10.2. The Bertz CT molecular complexity index is 541. The number of aromatic nitrogens is 1. The molecule has 0 radical (unpaired) electrons. The molecular weight excluding hydrogens is 317 g/mol. The zero-order valence-electron chi connectivity index (χ0n) is 9.20. The van der Waals surface area contributed by atoms with Gasteiger partial charge in [-0.15, -0.1) is 0 Å². The van der Waals surface area contributed by atoms with Crippen LogP contribution < -0.4 is 5.76 Å². The van der Waals surface area contributed by atoms with Crippen molar-refractivity contribution in [3.63, 3.8) is 0 Å². The molecule has 2 rings (SSSR count). The Balaban J connectivity index is 2.38. The fraction of sp³-hybridized carbons (Fsp3) is 0.417. The van der Waals surface area contributed by atoms with E-state index in [1.165, 1.54) is 0 Å². The van der Waals surface area contributed by atoms with Gasteiger partial charge in [-0.3, -0.25) is 4.57 Å². The van der Waals surface area contributed by atoms with Crippen LogP contribution in [0.1, 0.15) is 26.2 Å². The van der Waals surface area contributed by atoms with E-state index in [9.17, 15) is 4.79 Å². The number of fused-ring (bicyclic) bond motifs is 1. The number of hydrogen-bond acceptors (Lipinski definition) is 2. The second kappa shape index (κ2) is 5.03. The van der Waals surface area contributed by atoms with Crippen molar-refractivity contribution in [2.45, 2.75) is 32.7 Å². The van der Waals surface area contributed by atoms with Crippen molar-refractivity contribution in [2.24, 2.45) is 0 Å². The Labute approximate surface area is 108 Å². The summed E-state index contributed by atoms with van der Waals surface area (Å²) < 4.78 is 8.04. The average molecular weight is 331 g/mol. The molecule has 0 saturated carbocycles. The topological polar surface area (TPSA) is 35.1 Å². The molecule has 0 unspecified atom stereocenters. The van der Waals surface area contributed by atoms with Crippen molar-refractivity contribution in [2.75, 3.05) is 0 Å². The highest BCUT2D eigenvalue weighted by Gasteiger charge is 2.08. The van der Waals surface area contributed by atoms with E-state index in [4.69, 9.17) is 4.42 Å². The first-order chi connectivity index (χ1) is 7.72. The van der Waals surface area contributed by atoms with Crippen LogP contribution in [0.3, 0.4) is 0 Å². The van der Waals surface area contributed by atoms with E-state index in [1.54, 1.807) is 4.57 Å². The lowest BCUT2D eigenvalue weighted by molar-refractivity contribution is 0.491. The Morgan fingerprint density at radius 1 is 1.38 bits per heavy atom. The Hall–Kier alpha value is -0.780. The number of nitrogens with zero attached hydrogens (tertiary/aromatic N) is 1. The molecule has 3 nitrogen and oxygen atoms in total. The van der Waals surface area contributed by atoms with Gasteiger partial charge < -0.3 is 4.42 Å². The normalized spacial score (nSPS) is 11.1. The lowest BCUT2D eigenvalue weighted by Crippen LogP contribution is -2.14. The summed E-state index contributed by atoms with van der Waals surface area (Å²) in [5, 5.41) is 0. The van der Waals surface area contributed by atoms with Crippen molar-refractivity contribution in [3.05, 3.63) is 32.3 Å². The van der Waals surface area contributed by atoms with E-state index in [-0.39, 0.29) is 5.76 Å². The van der Waals surface area contributed by atoms with Gasteiger partial charge in [0, 0.05) is 10.1 Å². The highest BCUT2D eigenvalue weighted by Crippen LogP contribution is 2.16. The second-order valence-electron chi connectivity index (χ2n) is 3.84. The van der Waals surface area contributed by atoms with E-state index in [1.807, 2.05) is 18.2 Å². The lowest BCUT2D eigenvalue weighted by Gasteiger charge is -2.01. The van der Waals surface area contributed by atoms with Gasteiger partial charge in [0.15, 0.2) is 5.58 Å². The van der Waals surface area contributed by atoms with E-state index in [2.05, 4.69) is 29.5 Å². The number of rotatable bonds is 4. The summed E-state index contributed by atoms with van der Waals surface area (Å²) in [5.41, 5.74) is 1.59. The smallest absolute Gasteiger partial charge is 0.408 e. The maximum Gasteiger partial charge on any atom is 0.419 e. The summed E-state index contributed by atoms with van der Waals surface area (Å²) in [5.74, 6) is -0.242. The van der Waals surface area contributed by atoms with Crippen LogP contribution in [0.2, 0.25) is 0 Å². The predicted octanol–water partition coefficient (Wildman–Crippen LogP) is 3.39. The van der Waals surface area contributed by atoms with Gasteiger partial charge in [0.2, 0.25) is 0 Å². The van der Waals surface area contributed by atoms with Gasteiger partial charge in [0.05, 0.1) is 5.52 Å². The summed E-state index contributed by atoms with van der Waals surface area (Å²) in [6, 6.07) is 5.80. The third kappa shape index (κ3) is 2.31. The number of hydrogen-bond donors (Lipinski definition) is 0. The fourth-order valence-corrected chi connectivity index (χ4v) is 2.24. The molecule has 0 aliphatic carbocycles. The molecule has 0 aliphatic heterocycles. The number of oxazole rings is 1. The molecule has 0 spiro atoms. The minimum absolute atomic E-state index is 0.242. The van der Waals surface area contributed by atoms with Gasteiger partial charge in [-0.2, -0.15) is 0 Å². The first kappa shape index (κ1) is 11.7. The van der Waals surface area contributed by atoms with Crippen LogP contribution in [0.5, 0.6) is 0 Å². The molecule has 0 amide bonds. The molecule has 0 bridgehead atoms. The highest BCUT2D eigenvalue weighted by atomic mass is 127. The maximum atomic E-state index is 11.6. The zero-order chi connectivity index (χ0) is 11.5. The third-order valence-corrected chi connectivity index (χ3v) is 3.29. The van der Waals surface area contributed by atoms with Crippen molar-refractivity contribution < 1.29 is 4.42 Å². The van der Waals surface area contributed by atoms with Crippen molar-refractivity contribution in [3.8, 4) is 0 Å². The van der Waals surface area contributed by atoms with Crippen LogP contribution in [-0.2, 0) is 6.54 Å². The van der Waals surface area contributed by atoms with Crippen LogP contribution in [0.4, 0.5) is 0 Å². The minimum atomic E-state index is -0.242. The number of halogens is 1. The SMILES string of the molecule is CCCCCn1c(=O)oc2ccc(I)cc21. The molecule has 16 heavy (non-hydrogen) atoms. The van der Waals surface area contributed by atoms with E-state index in [0.717, 1.165) is 34.9 Å². The van der Waals surface area contributed by atoms with Crippen LogP contribution in [0, 0.1) is 3.57 Å². The Kier molecular flexibility index (Phi) is 3.68. The molecule has 86 valence electrons. The first-order valence-corrected chi connectivity index (χ1v) is 6.59. The molecule has 1 heterocycles. The van der Waals surface area contributed by atoms with Gasteiger partial charge in [-0.1, -0.05) is 19.8 Å². The largest absolute Gasteiger partial charge is 0.419 e. The van der Waals surface area contributed by atoms with Gasteiger partial charge in [-0.05, 0) is 47.2 Å². The third-order valence-electron chi connectivity index (χ3n) is 2.61. The summed E-state index contributed by atoms with van der Waals surface area (Å²) in [6.07, 6.45) is 3.32. The maximum absolute atomic E-state index is 11.6. The van der Waals surface area contributed by atoms with Gasteiger partial charge in [0.1, 0.15) is 0 Å². The zero-order valence-corrected chi connectivity index (χ0v) is 11.4. The minimum Gasteiger partial charge on any atom is -0.408 e. The summed E-state index contributed by atoms with van der Waals surface area (Å²) in [7, 11) is 0. The molecule has 0 saturated heterocycles. The monoisotopic (exact) mass is 331 g/mol. The molecule has 1 aromatic carbocycles. The van der Waals surface area contributed by atoms with Crippen molar-refractivity contribution in [1.82, 2.24) is 4.57 Å². The molecule has 0 aliphatic rings.